The number of aromatic hydroxyl groups is 1. The van der Waals surface area contributed by atoms with E-state index in [9.17, 15) is 5.11 Å². The van der Waals surface area contributed by atoms with Crippen molar-refractivity contribution in [3.8, 4) is 5.88 Å². The molecule has 0 aliphatic carbocycles. The third-order valence-corrected chi connectivity index (χ3v) is 3.88. The Hall–Kier alpha value is -2.55. The van der Waals surface area contributed by atoms with Crippen molar-refractivity contribution in [1.82, 2.24) is 4.98 Å². The number of hydrogen-bond donors (Lipinski definition) is 2. The van der Waals surface area contributed by atoms with Crippen LogP contribution in [0.25, 0.3) is 10.9 Å². The van der Waals surface area contributed by atoms with Crippen molar-refractivity contribution in [2.45, 2.75) is 25.8 Å². The minimum Gasteiger partial charge on any atom is -0.494 e. The van der Waals surface area contributed by atoms with E-state index in [1.165, 1.54) is 5.56 Å². The fourth-order valence-corrected chi connectivity index (χ4v) is 2.58. The molecule has 3 rings (SSSR count). The summed E-state index contributed by atoms with van der Waals surface area (Å²) in [5.74, 6) is 0.181. The summed E-state index contributed by atoms with van der Waals surface area (Å²) >= 11 is 0. The molecule has 3 nitrogen and oxygen atoms in total. The van der Waals surface area contributed by atoms with Gasteiger partial charge in [0.15, 0.2) is 5.88 Å². The highest BCUT2D eigenvalue weighted by Gasteiger charge is 2.08. The van der Waals surface area contributed by atoms with Crippen LogP contribution in [-0.4, -0.2) is 22.3 Å². The molecule has 0 saturated heterocycles. The van der Waals surface area contributed by atoms with Gasteiger partial charge in [0.05, 0.1) is 5.56 Å². The molecule has 3 aromatic rings. The summed E-state index contributed by atoms with van der Waals surface area (Å²) in [5.41, 5.74) is 3.03. The van der Waals surface area contributed by atoms with Gasteiger partial charge in [-0.25, -0.2) is 0 Å². The highest BCUT2D eigenvalue weighted by atomic mass is 16.3. The lowest BCUT2D eigenvalue weighted by molar-refractivity contribution is 0.457. The Morgan fingerprint density at radius 3 is 2.64 bits per heavy atom. The van der Waals surface area contributed by atoms with Crippen LogP contribution in [0.5, 0.6) is 5.88 Å². The molecule has 1 heterocycles. The molecule has 3 heteroatoms. The highest BCUT2D eigenvalue weighted by molar-refractivity contribution is 6.01. The standard InChI is InChI=1S/C19H20N2O/c1-14(11-12-15-7-3-2-4-8-15)20-13-17-16-9-5-6-10-18(16)21-19(17)22/h2-10,13-14,21-22H,11-12H2,1H3. The van der Waals surface area contributed by atoms with E-state index in [4.69, 9.17) is 0 Å². The maximum absolute atomic E-state index is 10.0. The molecular weight excluding hydrogens is 272 g/mol. The number of nitrogens with zero attached hydrogens (tertiary/aromatic N) is 1. The zero-order valence-corrected chi connectivity index (χ0v) is 12.7. The van der Waals surface area contributed by atoms with Crippen molar-refractivity contribution in [3.05, 3.63) is 65.7 Å². The van der Waals surface area contributed by atoms with Gasteiger partial charge < -0.3 is 10.1 Å². The highest BCUT2D eigenvalue weighted by Crippen LogP contribution is 2.25. The Morgan fingerprint density at radius 1 is 1.09 bits per heavy atom. The first-order chi connectivity index (χ1) is 10.7. The smallest absolute Gasteiger partial charge is 0.198 e. The van der Waals surface area contributed by atoms with Crippen LogP contribution in [0.4, 0.5) is 0 Å². The van der Waals surface area contributed by atoms with Crippen molar-refractivity contribution in [2.75, 3.05) is 0 Å². The molecule has 0 fully saturated rings. The summed E-state index contributed by atoms with van der Waals surface area (Å²) in [6.07, 6.45) is 3.78. The van der Waals surface area contributed by atoms with E-state index >= 15 is 0 Å². The monoisotopic (exact) mass is 292 g/mol. The van der Waals surface area contributed by atoms with Crippen molar-refractivity contribution in [3.63, 3.8) is 0 Å². The number of aryl methyl sites for hydroxylation is 1. The van der Waals surface area contributed by atoms with Gasteiger partial charge >= 0.3 is 0 Å². The first-order valence-electron chi connectivity index (χ1n) is 7.61. The SMILES string of the molecule is CC(CCc1ccccc1)N=Cc1c(O)[nH]c2ccccc12. The molecule has 0 spiro atoms. The zero-order chi connectivity index (χ0) is 15.4. The number of H-pyrrole nitrogens is 1. The summed E-state index contributed by atoms with van der Waals surface area (Å²) in [6.45, 7) is 2.10. The third-order valence-electron chi connectivity index (χ3n) is 3.88. The molecule has 0 aliphatic heterocycles. The van der Waals surface area contributed by atoms with Crippen LogP contribution in [0, 0.1) is 0 Å². The molecule has 1 atom stereocenters. The Labute approximate surface area is 130 Å². The lowest BCUT2D eigenvalue weighted by atomic mass is 10.1. The average Bonchev–Trinajstić information content (AvgIpc) is 2.87. The summed E-state index contributed by atoms with van der Waals surface area (Å²) in [6, 6.07) is 18.5. The first kappa shape index (κ1) is 14.4. The van der Waals surface area contributed by atoms with E-state index in [0.29, 0.717) is 0 Å². The molecule has 0 bridgehead atoms. The number of rotatable bonds is 5. The van der Waals surface area contributed by atoms with E-state index in [1.807, 2.05) is 30.3 Å². The summed E-state index contributed by atoms with van der Waals surface area (Å²) in [7, 11) is 0. The number of para-hydroxylation sites is 1. The van der Waals surface area contributed by atoms with Crippen molar-refractivity contribution < 1.29 is 5.11 Å². The molecule has 0 amide bonds. The Kier molecular flexibility index (Phi) is 4.24. The number of benzene rings is 2. The lowest BCUT2D eigenvalue weighted by Gasteiger charge is -2.06. The predicted octanol–water partition coefficient (Wildman–Crippen LogP) is 4.31. The molecule has 0 saturated carbocycles. The van der Waals surface area contributed by atoms with E-state index in [1.54, 1.807) is 6.21 Å². The van der Waals surface area contributed by atoms with Crippen molar-refractivity contribution in [1.29, 1.82) is 0 Å². The maximum Gasteiger partial charge on any atom is 0.198 e. The van der Waals surface area contributed by atoms with E-state index < -0.39 is 0 Å². The van der Waals surface area contributed by atoms with Gasteiger partial charge in [0.1, 0.15) is 0 Å². The zero-order valence-electron chi connectivity index (χ0n) is 12.7. The van der Waals surface area contributed by atoms with Crippen LogP contribution in [0.3, 0.4) is 0 Å². The van der Waals surface area contributed by atoms with Gasteiger partial charge in [-0.05, 0) is 31.4 Å². The van der Waals surface area contributed by atoms with Crippen LogP contribution in [0.15, 0.2) is 59.6 Å². The molecular formula is C19H20N2O. The largest absolute Gasteiger partial charge is 0.494 e. The van der Waals surface area contributed by atoms with E-state index in [2.05, 4.69) is 41.2 Å². The molecule has 2 N–H and O–H groups in total. The Bertz CT molecular complexity index is 774. The lowest BCUT2D eigenvalue weighted by Crippen LogP contribution is -2.01. The predicted molar refractivity (Wildman–Crippen MR) is 91.8 cm³/mol. The number of aromatic amines is 1. The van der Waals surface area contributed by atoms with Crippen LogP contribution in [0.2, 0.25) is 0 Å². The Balaban J connectivity index is 1.68. The van der Waals surface area contributed by atoms with Gasteiger partial charge in [0.25, 0.3) is 0 Å². The third kappa shape index (κ3) is 3.19. The van der Waals surface area contributed by atoms with Crippen molar-refractivity contribution >= 4 is 17.1 Å². The second-order valence-corrected chi connectivity index (χ2v) is 5.58. The van der Waals surface area contributed by atoms with Gasteiger partial charge in [-0.1, -0.05) is 48.5 Å². The van der Waals surface area contributed by atoms with E-state index in [0.717, 1.165) is 29.3 Å². The summed E-state index contributed by atoms with van der Waals surface area (Å²) in [4.78, 5) is 7.56. The van der Waals surface area contributed by atoms with Crippen LogP contribution >= 0.6 is 0 Å². The maximum atomic E-state index is 10.0. The molecule has 2 aromatic carbocycles. The van der Waals surface area contributed by atoms with Gasteiger partial charge in [-0.3, -0.25) is 4.99 Å². The quantitative estimate of drug-likeness (QED) is 0.676. The van der Waals surface area contributed by atoms with Crippen LogP contribution in [0.1, 0.15) is 24.5 Å². The van der Waals surface area contributed by atoms with E-state index in [-0.39, 0.29) is 11.9 Å². The van der Waals surface area contributed by atoms with Gasteiger partial charge in [-0.15, -0.1) is 0 Å². The molecule has 0 aliphatic rings. The number of nitrogens with one attached hydrogen (secondary N) is 1. The minimum atomic E-state index is 0.181. The number of hydrogen-bond acceptors (Lipinski definition) is 2. The minimum absolute atomic E-state index is 0.181. The van der Waals surface area contributed by atoms with Gasteiger partial charge in [0.2, 0.25) is 0 Å². The molecule has 1 unspecified atom stereocenters. The molecule has 0 radical (unpaired) electrons. The van der Waals surface area contributed by atoms with Crippen LogP contribution in [-0.2, 0) is 6.42 Å². The van der Waals surface area contributed by atoms with Crippen LogP contribution < -0.4 is 0 Å². The molecule has 22 heavy (non-hydrogen) atoms. The fraction of sp³-hybridized carbons (Fsp3) is 0.211. The topological polar surface area (TPSA) is 48.4 Å². The summed E-state index contributed by atoms with van der Waals surface area (Å²) in [5, 5.41) is 11.0. The number of fused-ring (bicyclic) bond motifs is 1. The number of aromatic nitrogens is 1. The van der Waals surface area contributed by atoms with Gasteiger partial charge in [-0.2, -0.15) is 0 Å². The van der Waals surface area contributed by atoms with Crippen molar-refractivity contribution in [2.24, 2.45) is 4.99 Å². The molecule has 1 aromatic heterocycles. The van der Waals surface area contributed by atoms with Gasteiger partial charge in [0, 0.05) is 23.2 Å². The summed E-state index contributed by atoms with van der Waals surface area (Å²) < 4.78 is 0. The Morgan fingerprint density at radius 2 is 1.82 bits per heavy atom. The molecule has 112 valence electrons. The normalized spacial score (nSPS) is 13.0. The second-order valence-electron chi connectivity index (χ2n) is 5.58. The fourth-order valence-electron chi connectivity index (χ4n) is 2.58. The average molecular weight is 292 g/mol. The number of aliphatic imine (C=N–C) groups is 1. The first-order valence-corrected chi connectivity index (χ1v) is 7.61. The second kappa shape index (κ2) is 6.48.